The van der Waals surface area contributed by atoms with Crippen LogP contribution in [0.1, 0.15) is 42.9 Å². The maximum atomic E-state index is 5.90. The number of aryl methyl sites for hydroxylation is 3. The molecule has 0 saturated carbocycles. The molecule has 0 bridgehead atoms. The first kappa shape index (κ1) is 18.6. The average Bonchev–Trinajstić information content (AvgIpc) is 3.21. The summed E-state index contributed by atoms with van der Waals surface area (Å²) in [5.41, 5.74) is 4.63. The van der Waals surface area contributed by atoms with Crippen LogP contribution in [0.2, 0.25) is 0 Å². The Balaban J connectivity index is 1.57. The molecule has 1 saturated heterocycles. The zero-order chi connectivity index (χ0) is 17.7. The minimum absolute atomic E-state index is 0.343. The fraction of sp³-hybridized carbons (Fsp3) is 0.650. The smallest absolute Gasteiger partial charge is 0.0534 e. The molecule has 0 N–H and O–H groups in total. The number of hydrogen-bond acceptors (Lipinski definition) is 4. The lowest BCUT2D eigenvalue weighted by Gasteiger charge is -2.42. The summed E-state index contributed by atoms with van der Waals surface area (Å²) in [6.07, 6.45) is 9.01. The van der Waals surface area contributed by atoms with Crippen molar-refractivity contribution in [3.05, 3.63) is 39.8 Å². The van der Waals surface area contributed by atoms with Gasteiger partial charge in [-0.3, -0.25) is 9.58 Å². The number of aromatic nitrogens is 2. The summed E-state index contributed by atoms with van der Waals surface area (Å²) in [7, 11) is 1.99. The van der Waals surface area contributed by atoms with Crippen molar-refractivity contribution >= 4 is 11.3 Å². The van der Waals surface area contributed by atoms with Crippen LogP contribution in [0.4, 0.5) is 0 Å². The van der Waals surface area contributed by atoms with Gasteiger partial charge < -0.3 is 4.74 Å². The Bertz CT molecular complexity index is 655. The Morgan fingerprint density at radius 3 is 2.68 bits per heavy atom. The molecule has 1 aliphatic rings. The van der Waals surface area contributed by atoms with E-state index < -0.39 is 0 Å². The van der Waals surface area contributed by atoms with Gasteiger partial charge in [-0.05, 0) is 79.9 Å². The Morgan fingerprint density at radius 2 is 2.08 bits per heavy atom. The lowest BCUT2D eigenvalue weighted by Crippen LogP contribution is -2.42. The number of ether oxygens (including phenoxy) is 1. The molecule has 0 atom stereocenters. The molecule has 0 unspecified atom stereocenters. The Kier molecular flexibility index (Phi) is 6.31. The maximum Gasteiger partial charge on any atom is 0.0534 e. The average molecular weight is 362 g/mol. The van der Waals surface area contributed by atoms with E-state index in [1.807, 2.05) is 29.3 Å². The van der Waals surface area contributed by atoms with Gasteiger partial charge in [-0.25, -0.2) is 0 Å². The van der Waals surface area contributed by atoms with Gasteiger partial charge in [0, 0.05) is 32.0 Å². The largest absolute Gasteiger partial charge is 0.381 e. The summed E-state index contributed by atoms with van der Waals surface area (Å²) in [5.74, 6) is 0. The molecule has 4 nitrogen and oxygen atoms in total. The van der Waals surface area contributed by atoms with Gasteiger partial charge >= 0.3 is 0 Å². The number of hydrogen-bond donors (Lipinski definition) is 0. The maximum absolute atomic E-state index is 5.90. The highest BCUT2D eigenvalue weighted by Gasteiger charge is 2.34. The van der Waals surface area contributed by atoms with Gasteiger partial charge in [0.1, 0.15) is 0 Å². The minimum atomic E-state index is 0.343. The first-order chi connectivity index (χ1) is 12.1. The van der Waals surface area contributed by atoms with E-state index in [-0.39, 0.29) is 0 Å². The molecule has 5 heteroatoms. The van der Waals surface area contributed by atoms with Crippen LogP contribution < -0.4 is 0 Å². The molecule has 0 amide bonds. The molecule has 3 rings (SSSR count). The third-order valence-corrected chi connectivity index (χ3v) is 6.49. The molecule has 0 spiro atoms. The topological polar surface area (TPSA) is 30.3 Å². The molecule has 1 fully saturated rings. The molecule has 0 aromatic carbocycles. The molecule has 3 heterocycles. The fourth-order valence-corrected chi connectivity index (χ4v) is 4.72. The zero-order valence-corrected chi connectivity index (χ0v) is 16.6. The van der Waals surface area contributed by atoms with Crippen LogP contribution in [0, 0.1) is 12.3 Å². The van der Waals surface area contributed by atoms with Gasteiger partial charge in [0.15, 0.2) is 0 Å². The van der Waals surface area contributed by atoms with Gasteiger partial charge in [0.25, 0.3) is 0 Å². The normalized spacial score (nSPS) is 17.9. The Morgan fingerprint density at radius 1 is 1.28 bits per heavy atom. The number of rotatable bonds is 8. The van der Waals surface area contributed by atoms with Gasteiger partial charge in [-0.1, -0.05) is 0 Å². The van der Waals surface area contributed by atoms with Crippen LogP contribution in [-0.2, 0) is 24.8 Å². The van der Waals surface area contributed by atoms with Gasteiger partial charge in [-0.15, -0.1) is 0 Å². The summed E-state index contributed by atoms with van der Waals surface area (Å²) in [6.45, 7) is 9.40. The van der Waals surface area contributed by atoms with Crippen LogP contribution in [-0.4, -0.2) is 41.0 Å². The van der Waals surface area contributed by atoms with E-state index in [1.165, 1.54) is 42.4 Å². The second-order valence-electron chi connectivity index (χ2n) is 7.52. The van der Waals surface area contributed by atoms with Crippen molar-refractivity contribution in [1.29, 1.82) is 0 Å². The van der Waals surface area contributed by atoms with Crippen molar-refractivity contribution in [3.8, 4) is 0 Å². The summed E-state index contributed by atoms with van der Waals surface area (Å²) in [6, 6.07) is 0. The predicted molar refractivity (Wildman–Crippen MR) is 104 cm³/mol. The molecule has 0 aliphatic carbocycles. The fourth-order valence-electron chi connectivity index (χ4n) is 3.83. The van der Waals surface area contributed by atoms with Gasteiger partial charge in [0.2, 0.25) is 0 Å². The lowest BCUT2D eigenvalue weighted by atomic mass is 9.74. The number of piperidine rings is 1. The minimum Gasteiger partial charge on any atom is -0.381 e. The van der Waals surface area contributed by atoms with Gasteiger partial charge in [-0.2, -0.15) is 16.4 Å². The van der Waals surface area contributed by atoms with Crippen molar-refractivity contribution in [2.45, 2.75) is 46.1 Å². The SMILES string of the molecule is CCOCC1(CCc2cscc2C)CCN(Cc2cnn(C)c2)CC1. The van der Waals surface area contributed by atoms with E-state index in [4.69, 9.17) is 4.74 Å². The molecular weight excluding hydrogens is 330 g/mol. The van der Waals surface area contributed by atoms with E-state index in [9.17, 15) is 0 Å². The van der Waals surface area contributed by atoms with Gasteiger partial charge in [0.05, 0.1) is 12.8 Å². The van der Waals surface area contributed by atoms with E-state index >= 15 is 0 Å². The van der Waals surface area contributed by atoms with Crippen LogP contribution in [0.3, 0.4) is 0 Å². The highest BCUT2D eigenvalue weighted by molar-refractivity contribution is 7.08. The Hall–Kier alpha value is -1.17. The predicted octanol–water partition coefficient (Wildman–Crippen LogP) is 4.04. The molecular formula is C20H31N3OS. The van der Waals surface area contributed by atoms with Crippen molar-refractivity contribution in [2.75, 3.05) is 26.3 Å². The first-order valence-electron chi connectivity index (χ1n) is 9.39. The number of likely N-dealkylation sites (tertiary alicyclic amines) is 1. The van der Waals surface area contributed by atoms with Crippen LogP contribution >= 0.6 is 11.3 Å². The number of nitrogens with zero attached hydrogens (tertiary/aromatic N) is 3. The van der Waals surface area contributed by atoms with Crippen molar-refractivity contribution in [3.63, 3.8) is 0 Å². The van der Waals surface area contributed by atoms with Crippen LogP contribution in [0.25, 0.3) is 0 Å². The lowest BCUT2D eigenvalue weighted by molar-refractivity contribution is -0.00233. The molecule has 2 aromatic heterocycles. The van der Waals surface area contributed by atoms with Crippen molar-refractivity contribution < 1.29 is 4.74 Å². The summed E-state index contributed by atoms with van der Waals surface area (Å²) < 4.78 is 7.79. The van der Waals surface area contributed by atoms with Crippen molar-refractivity contribution in [1.82, 2.24) is 14.7 Å². The van der Waals surface area contributed by atoms with E-state index in [2.05, 4.69) is 40.8 Å². The van der Waals surface area contributed by atoms with Crippen molar-refractivity contribution in [2.24, 2.45) is 12.5 Å². The zero-order valence-electron chi connectivity index (χ0n) is 15.8. The van der Waals surface area contributed by atoms with Crippen LogP contribution in [0.5, 0.6) is 0 Å². The summed E-state index contributed by atoms with van der Waals surface area (Å²) >= 11 is 1.83. The number of thiophene rings is 1. The highest BCUT2D eigenvalue weighted by atomic mass is 32.1. The standard InChI is InChI=1S/C20H31N3OS/c1-4-24-16-20(6-5-19-15-25-14-17(19)2)7-9-23(10-8-20)13-18-11-21-22(3)12-18/h11-12,14-15H,4-10,13,16H2,1-3H3. The highest BCUT2D eigenvalue weighted by Crippen LogP contribution is 2.37. The van der Waals surface area contributed by atoms with E-state index in [0.29, 0.717) is 5.41 Å². The van der Waals surface area contributed by atoms with E-state index in [1.54, 1.807) is 0 Å². The third kappa shape index (κ3) is 4.93. The monoisotopic (exact) mass is 361 g/mol. The summed E-state index contributed by atoms with van der Waals surface area (Å²) in [5, 5.41) is 8.87. The van der Waals surface area contributed by atoms with E-state index in [0.717, 1.165) is 32.8 Å². The first-order valence-corrected chi connectivity index (χ1v) is 10.3. The quantitative estimate of drug-likeness (QED) is 0.711. The molecule has 2 aromatic rings. The Labute approximate surface area is 155 Å². The third-order valence-electron chi connectivity index (χ3n) is 5.58. The molecule has 25 heavy (non-hydrogen) atoms. The molecule has 138 valence electrons. The molecule has 0 radical (unpaired) electrons. The second-order valence-corrected chi connectivity index (χ2v) is 8.26. The summed E-state index contributed by atoms with van der Waals surface area (Å²) in [4.78, 5) is 2.57. The second kappa shape index (κ2) is 8.47. The molecule has 1 aliphatic heterocycles. The van der Waals surface area contributed by atoms with Crippen LogP contribution in [0.15, 0.2) is 23.2 Å².